The highest BCUT2D eigenvalue weighted by Crippen LogP contribution is 2.65. The van der Waals surface area contributed by atoms with Crippen LogP contribution in [0.5, 0.6) is 0 Å². The lowest BCUT2D eigenvalue weighted by molar-refractivity contribution is -0.133. The van der Waals surface area contributed by atoms with Gasteiger partial charge in [-0.05, 0) is 74.0 Å². The number of carbonyl (C=O) groups excluding carboxylic acids is 1. The zero-order valence-corrected chi connectivity index (χ0v) is 14.0. The second kappa shape index (κ2) is 4.46. The molecule has 1 heteroatoms. The normalized spacial score (nSPS) is 52.7. The van der Waals surface area contributed by atoms with Gasteiger partial charge in [-0.1, -0.05) is 32.4 Å². The van der Waals surface area contributed by atoms with E-state index in [9.17, 15) is 4.79 Å². The van der Waals surface area contributed by atoms with E-state index >= 15 is 0 Å². The Labute approximate surface area is 129 Å². The Balaban J connectivity index is 1.73. The van der Waals surface area contributed by atoms with E-state index < -0.39 is 0 Å². The molecule has 116 valence electrons. The Kier molecular flexibility index (Phi) is 2.98. The van der Waals surface area contributed by atoms with Crippen molar-refractivity contribution in [2.75, 3.05) is 0 Å². The summed E-state index contributed by atoms with van der Waals surface area (Å²) in [6.07, 6.45) is 12.5. The fourth-order valence-electron chi connectivity index (χ4n) is 6.98. The lowest BCUT2D eigenvalue weighted by atomic mass is 9.46. The van der Waals surface area contributed by atoms with E-state index in [0.29, 0.717) is 17.1 Å². The van der Waals surface area contributed by atoms with Crippen molar-refractivity contribution in [2.45, 2.75) is 72.1 Å². The molecule has 4 aliphatic rings. The Morgan fingerprint density at radius 3 is 2.67 bits per heavy atom. The highest BCUT2D eigenvalue weighted by Gasteiger charge is 2.59. The summed E-state index contributed by atoms with van der Waals surface area (Å²) in [5, 5.41) is 0. The molecule has 0 aliphatic heterocycles. The topological polar surface area (TPSA) is 17.1 Å². The molecule has 0 bridgehead atoms. The minimum Gasteiger partial charge on any atom is -0.299 e. The van der Waals surface area contributed by atoms with E-state index in [2.05, 4.69) is 26.8 Å². The fraction of sp³-hybridized carbons (Fsp3) is 0.850. The highest BCUT2D eigenvalue weighted by molar-refractivity contribution is 5.87. The largest absolute Gasteiger partial charge is 0.299 e. The Morgan fingerprint density at radius 2 is 1.86 bits per heavy atom. The standard InChI is InChI=1S/C20H30O/c1-13-12-14-16-7-8-18(21)20(16,3)11-9-17(14)19(2)10-5-4-6-15(13)19/h6,13-14,16-17H,4-5,7-12H2,1-3H3/t13-,14?,16?,17?,19?,20?/m0/s1. The molecule has 6 atom stereocenters. The third-order valence-electron chi connectivity index (χ3n) is 8.05. The van der Waals surface area contributed by atoms with Gasteiger partial charge in [-0.25, -0.2) is 0 Å². The van der Waals surface area contributed by atoms with E-state index in [4.69, 9.17) is 0 Å². The summed E-state index contributed by atoms with van der Waals surface area (Å²) >= 11 is 0. The van der Waals surface area contributed by atoms with Crippen LogP contribution in [-0.4, -0.2) is 5.78 Å². The van der Waals surface area contributed by atoms with E-state index in [1.165, 1.54) is 38.5 Å². The quantitative estimate of drug-likeness (QED) is 0.562. The van der Waals surface area contributed by atoms with Crippen LogP contribution < -0.4 is 0 Å². The van der Waals surface area contributed by atoms with E-state index in [-0.39, 0.29) is 5.41 Å². The van der Waals surface area contributed by atoms with Crippen LogP contribution in [0, 0.1) is 34.5 Å². The molecular weight excluding hydrogens is 256 g/mol. The molecule has 1 nitrogen and oxygen atoms in total. The summed E-state index contributed by atoms with van der Waals surface area (Å²) in [5.74, 6) is 3.67. The molecular formula is C20H30O. The van der Waals surface area contributed by atoms with Gasteiger partial charge < -0.3 is 0 Å². The van der Waals surface area contributed by atoms with Crippen LogP contribution in [-0.2, 0) is 4.79 Å². The molecule has 0 aromatic carbocycles. The van der Waals surface area contributed by atoms with E-state index in [1.807, 2.05) is 0 Å². The van der Waals surface area contributed by atoms with Gasteiger partial charge in [-0.15, -0.1) is 0 Å². The zero-order valence-electron chi connectivity index (χ0n) is 14.0. The lowest BCUT2D eigenvalue weighted by Crippen LogP contribution is -2.51. The van der Waals surface area contributed by atoms with Crippen LogP contribution in [0.3, 0.4) is 0 Å². The second-order valence-electron chi connectivity index (χ2n) is 8.90. The van der Waals surface area contributed by atoms with Crippen LogP contribution >= 0.6 is 0 Å². The van der Waals surface area contributed by atoms with Crippen LogP contribution in [0.1, 0.15) is 72.1 Å². The molecule has 21 heavy (non-hydrogen) atoms. The highest BCUT2D eigenvalue weighted by atomic mass is 16.1. The van der Waals surface area contributed by atoms with Crippen LogP contribution in [0.4, 0.5) is 0 Å². The minimum atomic E-state index is 0.0349. The number of Topliss-reactive ketones (excluding diaryl/α,β-unsaturated/α-hetero) is 1. The van der Waals surface area contributed by atoms with Crippen LogP contribution in [0.2, 0.25) is 0 Å². The summed E-state index contributed by atoms with van der Waals surface area (Å²) in [7, 11) is 0. The third kappa shape index (κ3) is 1.72. The van der Waals surface area contributed by atoms with Crippen LogP contribution in [0.15, 0.2) is 11.6 Å². The number of rotatable bonds is 0. The summed E-state index contributed by atoms with van der Waals surface area (Å²) in [6, 6.07) is 0. The summed E-state index contributed by atoms with van der Waals surface area (Å²) in [6.45, 7) is 7.31. The molecule has 3 saturated carbocycles. The molecule has 0 aromatic heterocycles. The molecule has 5 unspecified atom stereocenters. The average molecular weight is 286 g/mol. The zero-order chi connectivity index (χ0) is 14.8. The van der Waals surface area contributed by atoms with E-state index in [0.717, 1.165) is 30.6 Å². The molecule has 0 amide bonds. The van der Waals surface area contributed by atoms with Crippen molar-refractivity contribution >= 4 is 5.78 Å². The van der Waals surface area contributed by atoms with Gasteiger partial charge in [0.15, 0.2) is 0 Å². The summed E-state index contributed by atoms with van der Waals surface area (Å²) in [5.41, 5.74) is 2.27. The lowest BCUT2D eigenvalue weighted by Gasteiger charge is -2.58. The minimum absolute atomic E-state index is 0.0349. The molecule has 0 saturated heterocycles. The van der Waals surface area contributed by atoms with Crippen molar-refractivity contribution in [3.8, 4) is 0 Å². The fourth-order valence-corrected chi connectivity index (χ4v) is 6.98. The number of allylic oxidation sites excluding steroid dienone is 2. The summed E-state index contributed by atoms with van der Waals surface area (Å²) < 4.78 is 0. The van der Waals surface area contributed by atoms with Crippen molar-refractivity contribution in [2.24, 2.45) is 34.5 Å². The molecule has 3 fully saturated rings. The first-order valence-electron chi connectivity index (χ1n) is 9.20. The SMILES string of the molecule is C[C@H]1CC2C3CCC(=O)C3(C)CCC2C2(C)CCCC=C12. The van der Waals surface area contributed by atoms with Crippen molar-refractivity contribution in [1.82, 2.24) is 0 Å². The van der Waals surface area contributed by atoms with Gasteiger partial charge in [0.25, 0.3) is 0 Å². The molecule has 0 aromatic rings. The Morgan fingerprint density at radius 1 is 1.10 bits per heavy atom. The first-order valence-corrected chi connectivity index (χ1v) is 9.20. The van der Waals surface area contributed by atoms with Gasteiger partial charge in [0.2, 0.25) is 0 Å². The first-order chi connectivity index (χ1) is 9.97. The molecule has 0 N–H and O–H groups in total. The number of hydrogen-bond donors (Lipinski definition) is 0. The van der Waals surface area contributed by atoms with Gasteiger partial charge in [-0.2, -0.15) is 0 Å². The van der Waals surface area contributed by atoms with Crippen molar-refractivity contribution < 1.29 is 4.79 Å². The van der Waals surface area contributed by atoms with Gasteiger partial charge in [0, 0.05) is 11.8 Å². The number of ketones is 1. The van der Waals surface area contributed by atoms with Crippen LogP contribution in [0.25, 0.3) is 0 Å². The maximum Gasteiger partial charge on any atom is 0.139 e. The number of carbonyl (C=O) groups is 1. The number of hydrogen-bond acceptors (Lipinski definition) is 1. The summed E-state index contributed by atoms with van der Waals surface area (Å²) in [4.78, 5) is 12.4. The molecule has 0 radical (unpaired) electrons. The van der Waals surface area contributed by atoms with E-state index in [1.54, 1.807) is 5.57 Å². The molecule has 0 spiro atoms. The third-order valence-corrected chi connectivity index (χ3v) is 8.05. The van der Waals surface area contributed by atoms with Crippen molar-refractivity contribution in [1.29, 1.82) is 0 Å². The number of fused-ring (bicyclic) bond motifs is 5. The maximum absolute atomic E-state index is 12.4. The monoisotopic (exact) mass is 286 g/mol. The van der Waals surface area contributed by atoms with Crippen molar-refractivity contribution in [3.63, 3.8) is 0 Å². The smallest absolute Gasteiger partial charge is 0.139 e. The first kappa shape index (κ1) is 14.0. The molecule has 4 aliphatic carbocycles. The van der Waals surface area contributed by atoms with Gasteiger partial charge in [0.1, 0.15) is 5.78 Å². The Bertz CT molecular complexity index is 504. The molecule has 0 heterocycles. The van der Waals surface area contributed by atoms with Gasteiger partial charge >= 0.3 is 0 Å². The van der Waals surface area contributed by atoms with Gasteiger partial charge in [0.05, 0.1) is 0 Å². The molecule has 4 rings (SSSR count). The predicted molar refractivity (Wildman–Crippen MR) is 85.9 cm³/mol. The maximum atomic E-state index is 12.4. The second-order valence-corrected chi connectivity index (χ2v) is 8.90. The average Bonchev–Trinajstić information content (AvgIpc) is 2.75. The van der Waals surface area contributed by atoms with Gasteiger partial charge in [-0.3, -0.25) is 4.79 Å². The Hall–Kier alpha value is -0.590. The van der Waals surface area contributed by atoms with Crippen molar-refractivity contribution in [3.05, 3.63) is 11.6 Å². The predicted octanol–water partition coefficient (Wildman–Crippen LogP) is 5.15.